The zero-order valence-electron chi connectivity index (χ0n) is 19.3. The van der Waals surface area contributed by atoms with E-state index in [-0.39, 0.29) is 29.4 Å². The number of nitrogens with one attached hydrogen (secondary N) is 1. The monoisotopic (exact) mass is 466 g/mol. The van der Waals surface area contributed by atoms with Crippen LogP contribution in [0.25, 0.3) is 0 Å². The van der Waals surface area contributed by atoms with Gasteiger partial charge in [0, 0.05) is 50.0 Å². The number of rotatable bonds is 7. The molecule has 2 aliphatic rings. The van der Waals surface area contributed by atoms with Crippen LogP contribution < -0.4 is 15.0 Å². The van der Waals surface area contributed by atoms with E-state index in [1.807, 2.05) is 4.90 Å². The number of nitrogens with zero attached hydrogens (tertiary/aromatic N) is 5. The Labute approximate surface area is 198 Å². The molecule has 4 rings (SSSR count). The Bertz CT molecular complexity index is 1050. The van der Waals surface area contributed by atoms with Gasteiger partial charge < -0.3 is 29.9 Å². The fourth-order valence-corrected chi connectivity index (χ4v) is 4.18. The van der Waals surface area contributed by atoms with Crippen molar-refractivity contribution < 1.29 is 19.4 Å². The highest BCUT2D eigenvalue weighted by Crippen LogP contribution is 2.22. The summed E-state index contributed by atoms with van der Waals surface area (Å²) in [6.45, 7) is 7.21. The van der Waals surface area contributed by atoms with Crippen LogP contribution in [0.3, 0.4) is 0 Å². The predicted octanol–water partition coefficient (Wildman–Crippen LogP) is 1.74. The summed E-state index contributed by atoms with van der Waals surface area (Å²) >= 11 is 0. The first-order chi connectivity index (χ1) is 16.4. The van der Waals surface area contributed by atoms with Crippen LogP contribution in [0.15, 0.2) is 43.0 Å². The molecule has 10 heteroatoms. The van der Waals surface area contributed by atoms with Crippen LogP contribution in [0.5, 0.6) is 11.8 Å². The molecule has 0 bridgehead atoms. The van der Waals surface area contributed by atoms with Crippen molar-refractivity contribution in [3.63, 3.8) is 0 Å². The Morgan fingerprint density at radius 1 is 1.21 bits per heavy atom. The topological polar surface area (TPSA) is 111 Å². The minimum absolute atomic E-state index is 0.0535. The van der Waals surface area contributed by atoms with Crippen LogP contribution in [0.1, 0.15) is 23.3 Å². The predicted molar refractivity (Wildman–Crippen MR) is 128 cm³/mol. The Kier molecular flexibility index (Phi) is 7.27. The quantitative estimate of drug-likeness (QED) is 0.594. The number of likely N-dealkylation sites (tertiary alicyclic amines) is 1. The van der Waals surface area contributed by atoms with Gasteiger partial charge in [-0.2, -0.15) is 9.97 Å². The third kappa shape index (κ3) is 5.63. The van der Waals surface area contributed by atoms with Crippen molar-refractivity contribution >= 4 is 23.3 Å². The molecule has 10 nitrogen and oxygen atoms in total. The minimum Gasteiger partial charge on any atom is -0.508 e. The number of ether oxygens (including phenoxy) is 1. The molecule has 1 aromatic heterocycles. The first-order valence-corrected chi connectivity index (χ1v) is 11.4. The number of hydrogen-bond donors (Lipinski definition) is 2. The van der Waals surface area contributed by atoms with Gasteiger partial charge in [0.05, 0.1) is 0 Å². The normalized spacial score (nSPS) is 18.6. The number of piperazine rings is 1. The molecular formula is C24H30N6O4. The average Bonchev–Trinajstić information content (AvgIpc) is 3.26. The molecule has 0 saturated carbocycles. The molecule has 34 heavy (non-hydrogen) atoms. The summed E-state index contributed by atoms with van der Waals surface area (Å²) in [5, 5.41) is 12.4. The third-order valence-electron chi connectivity index (χ3n) is 6.20. The molecule has 2 N–H and O–H groups in total. The van der Waals surface area contributed by atoms with Crippen molar-refractivity contribution in [2.24, 2.45) is 0 Å². The zero-order chi connectivity index (χ0) is 24.1. The van der Waals surface area contributed by atoms with Crippen molar-refractivity contribution in [3.8, 4) is 11.8 Å². The number of amides is 2. The van der Waals surface area contributed by atoms with E-state index in [2.05, 4.69) is 33.8 Å². The summed E-state index contributed by atoms with van der Waals surface area (Å²) in [6.07, 6.45) is 3.48. The van der Waals surface area contributed by atoms with Crippen molar-refractivity contribution in [2.75, 3.05) is 56.6 Å². The fourth-order valence-electron chi connectivity index (χ4n) is 4.18. The number of aromatic nitrogens is 2. The summed E-state index contributed by atoms with van der Waals surface area (Å²) < 4.78 is 5.94. The molecule has 2 aromatic rings. The van der Waals surface area contributed by atoms with E-state index < -0.39 is 5.91 Å². The Morgan fingerprint density at radius 2 is 2.00 bits per heavy atom. The highest BCUT2D eigenvalue weighted by molar-refractivity contribution is 6.03. The van der Waals surface area contributed by atoms with Crippen molar-refractivity contribution in [1.82, 2.24) is 19.8 Å². The van der Waals surface area contributed by atoms with Gasteiger partial charge in [-0.3, -0.25) is 9.59 Å². The molecule has 2 fully saturated rings. The van der Waals surface area contributed by atoms with Gasteiger partial charge in [-0.25, -0.2) is 0 Å². The van der Waals surface area contributed by atoms with E-state index >= 15 is 0 Å². The van der Waals surface area contributed by atoms with E-state index in [1.165, 1.54) is 18.2 Å². The zero-order valence-corrected chi connectivity index (χ0v) is 19.3. The van der Waals surface area contributed by atoms with Crippen LogP contribution in [-0.4, -0.2) is 89.1 Å². The average molecular weight is 467 g/mol. The van der Waals surface area contributed by atoms with Gasteiger partial charge in [-0.15, -0.1) is 0 Å². The van der Waals surface area contributed by atoms with E-state index in [1.54, 1.807) is 23.1 Å². The number of aromatic hydroxyl groups is 1. The Balaban J connectivity index is 1.53. The summed E-state index contributed by atoms with van der Waals surface area (Å²) in [5.74, 6) is 0.0881. The van der Waals surface area contributed by atoms with Crippen molar-refractivity contribution in [3.05, 3.63) is 48.7 Å². The standard InChI is InChI=1S/C24H30N6O4/c1-3-22(32)30-12-10-29(11-13-30)21-15-20(23(33)25-17-6-4-8-19(31)14-17)26-24(27-21)34-16-18-7-5-9-28(18)2/h3-4,6,8,14-15,18,31H,1,5,7,9-13,16H2,2H3,(H,25,33)/t18-/m0/s1. The maximum Gasteiger partial charge on any atom is 0.319 e. The molecular weight excluding hydrogens is 436 g/mol. The molecule has 0 radical (unpaired) electrons. The number of anilines is 2. The summed E-state index contributed by atoms with van der Waals surface area (Å²) in [7, 11) is 2.07. The maximum atomic E-state index is 13.0. The lowest BCUT2D eigenvalue weighted by atomic mass is 10.2. The fraction of sp³-hybridized carbons (Fsp3) is 0.417. The highest BCUT2D eigenvalue weighted by Gasteiger charge is 2.25. The second-order valence-corrected chi connectivity index (χ2v) is 8.50. The van der Waals surface area contributed by atoms with Crippen molar-refractivity contribution in [2.45, 2.75) is 18.9 Å². The second kappa shape index (κ2) is 10.5. The first kappa shape index (κ1) is 23.5. The smallest absolute Gasteiger partial charge is 0.319 e. The summed E-state index contributed by atoms with van der Waals surface area (Å²) in [6, 6.07) is 8.37. The summed E-state index contributed by atoms with van der Waals surface area (Å²) in [5.41, 5.74) is 0.615. The number of phenolic OH excluding ortho intramolecular Hbond substituents is 1. The van der Waals surface area contributed by atoms with Crippen molar-refractivity contribution in [1.29, 1.82) is 0 Å². The number of likely N-dealkylation sites (N-methyl/N-ethyl adjacent to an activating group) is 1. The van der Waals surface area contributed by atoms with E-state index in [4.69, 9.17) is 4.74 Å². The molecule has 1 aromatic carbocycles. The molecule has 2 aliphatic heterocycles. The molecule has 0 aliphatic carbocycles. The molecule has 2 amide bonds. The SMILES string of the molecule is C=CC(=O)N1CCN(c2cc(C(=O)Nc3cccc(O)c3)nc(OC[C@@H]3CCCN3C)n2)CC1. The van der Waals surface area contributed by atoms with Crippen LogP contribution in [0.2, 0.25) is 0 Å². The van der Waals surface area contributed by atoms with E-state index in [0.717, 1.165) is 19.4 Å². The number of hydrogen-bond acceptors (Lipinski definition) is 8. The minimum atomic E-state index is -0.433. The van der Waals surface area contributed by atoms with Crippen LogP contribution in [0, 0.1) is 0 Å². The lowest BCUT2D eigenvalue weighted by molar-refractivity contribution is -0.126. The molecule has 0 unspecified atom stereocenters. The largest absolute Gasteiger partial charge is 0.508 e. The Hall–Kier alpha value is -3.66. The Morgan fingerprint density at radius 3 is 2.68 bits per heavy atom. The number of carbonyl (C=O) groups excluding carboxylic acids is 2. The van der Waals surface area contributed by atoms with Crippen LogP contribution >= 0.6 is 0 Å². The van der Waals surface area contributed by atoms with Gasteiger partial charge >= 0.3 is 6.01 Å². The molecule has 180 valence electrons. The van der Waals surface area contributed by atoms with Gasteiger partial charge in [0.1, 0.15) is 23.9 Å². The van der Waals surface area contributed by atoms with Gasteiger partial charge in [0.25, 0.3) is 5.91 Å². The lowest BCUT2D eigenvalue weighted by Crippen LogP contribution is -2.48. The van der Waals surface area contributed by atoms with E-state index in [0.29, 0.717) is 44.3 Å². The van der Waals surface area contributed by atoms with Crippen LogP contribution in [0.4, 0.5) is 11.5 Å². The summed E-state index contributed by atoms with van der Waals surface area (Å²) in [4.78, 5) is 39.8. The van der Waals surface area contributed by atoms with Gasteiger partial charge in [-0.05, 0) is 44.6 Å². The van der Waals surface area contributed by atoms with E-state index in [9.17, 15) is 14.7 Å². The number of carbonyl (C=O) groups is 2. The second-order valence-electron chi connectivity index (χ2n) is 8.50. The molecule has 0 spiro atoms. The third-order valence-corrected chi connectivity index (χ3v) is 6.20. The number of phenols is 1. The highest BCUT2D eigenvalue weighted by atomic mass is 16.5. The first-order valence-electron chi connectivity index (χ1n) is 11.4. The molecule has 1 atom stereocenters. The van der Waals surface area contributed by atoms with Crippen LogP contribution in [-0.2, 0) is 4.79 Å². The van der Waals surface area contributed by atoms with Gasteiger partial charge in [-0.1, -0.05) is 12.6 Å². The molecule has 2 saturated heterocycles. The lowest BCUT2D eigenvalue weighted by Gasteiger charge is -2.35. The number of benzene rings is 1. The van der Waals surface area contributed by atoms with Gasteiger partial charge in [0.2, 0.25) is 5.91 Å². The molecule has 3 heterocycles. The maximum absolute atomic E-state index is 13.0. The van der Waals surface area contributed by atoms with Gasteiger partial charge in [0.15, 0.2) is 0 Å².